The third-order valence-corrected chi connectivity index (χ3v) is 3.50. The van der Waals surface area contributed by atoms with Crippen LogP contribution < -0.4 is 5.73 Å². The van der Waals surface area contributed by atoms with E-state index in [9.17, 15) is 0 Å². The standard InChI is InChI=1S/C11H20N4/c1-3-15-9(2)10(13-14-15)11(12)7-5-4-6-8-11/h3-8,12H2,1-2H3. The van der Waals surface area contributed by atoms with Gasteiger partial charge in [-0.25, -0.2) is 4.68 Å². The maximum absolute atomic E-state index is 6.43. The second-order valence-electron chi connectivity index (χ2n) is 4.56. The summed E-state index contributed by atoms with van der Waals surface area (Å²) in [6, 6.07) is 0. The van der Waals surface area contributed by atoms with Crippen LogP contribution in [0.2, 0.25) is 0 Å². The molecule has 1 aromatic rings. The van der Waals surface area contributed by atoms with Crippen molar-refractivity contribution in [3.05, 3.63) is 11.4 Å². The highest BCUT2D eigenvalue weighted by Crippen LogP contribution is 2.34. The van der Waals surface area contributed by atoms with E-state index in [1.807, 2.05) is 4.68 Å². The van der Waals surface area contributed by atoms with Gasteiger partial charge in [-0.05, 0) is 26.7 Å². The summed E-state index contributed by atoms with van der Waals surface area (Å²) in [7, 11) is 0. The molecule has 2 rings (SSSR count). The van der Waals surface area contributed by atoms with Crippen LogP contribution in [-0.4, -0.2) is 15.0 Å². The van der Waals surface area contributed by atoms with Gasteiger partial charge in [-0.15, -0.1) is 5.10 Å². The smallest absolute Gasteiger partial charge is 0.105 e. The van der Waals surface area contributed by atoms with E-state index in [4.69, 9.17) is 5.73 Å². The fourth-order valence-electron chi connectivity index (χ4n) is 2.54. The zero-order valence-corrected chi connectivity index (χ0v) is 9.66. The number of hydrogen-bond acceptors (Lipinski definition) is 3. The largest absolute Gasteiger partial charge is 0.320 e. The fraction of sp³-hybridized carbons (Fsp3) is 0.818. The minimum atomic E-state index is -0.213. The first-order chi connectivity index (χ1) is 7.17. The zero-order valence-electron chi connectivity index (χ0n) is 9.66. The van der Waals surface area contributed by atoms with Crippen LogP contribution in [0.25, 0.3) is 0 Å². The third-order valence-electron chi connectivity index (χ3n) is 3.50. The van der Waals surface area contributed by atoms with Gasteiger partial charge in [0.25, 0.3) is 0 Å². The molecule has 0 atom stereocenters. The van der Waals surface area contributed by atoms with Gasteiger partial charge >= 0.3 is 0 Å². The number of aromatic nitrogens is 3. The molecule has 4 nitrogen and oxygen atoms in total. The van der Waals surface area contributed by atoms with Crippen LogP contribution in [0, 0.1) is 6.92 Å². The van der Waals surface area contributed by atoms with Crippen LogP contribution >= 0.6 is 0 Å². The number of nitrogens with two attached hydrogens (primary N) is 1. The van der Waals surface area contributed by atoms with E-state index in [0.717, 1.165) is 30.8 Å². The average molecular weight is 208 g/mol. The fourth-order valence-corrected chi connectivity index (χ4v) is 2.54. The summed E-state index contributed by atoms with van der Waals surface area (Å²) < 4.78 is 1.93. The van der Waals surface area contributed by atoms with Crippen LogP contribution in [-0.2, 0) is 12.1 Å². The number of aryl methyl sites for hydroxylation is 1. The molecule has 1 saturated carbocycles. The summed E-state index contributed by atoms with van der Waals surface area (Å²) in [5.74, 6) is 0. The lowest BCUT2D eigenvalue weighted by Crippen LogP contribution is -2.39. The SMILES string of the molecule is CCn1nnc(C2(N)CCCCC2)c1C. The Labute approximate surface area is 90.8 Å². The van der Waals surface area contributed by atoms with Gasteiger partial charge in [0.05, 0.1) is 11.2 Å². The average Bonchev–Trinajstić information content (AvgIpc) is 2.61. The van der Waals surface area contributed by atoms with Crippen LogP contribution in [0.3, 0.4) is 0 Å². The van der Waals surface area contributed by atoms with Gasteiger partial charge in [0.1, 0.15) is 5.69 Å². The van der Waals surface area contributed by atoms with E-state index < -0.39 is 0 Å². The van der Waals surface area contributed by atoms with Crippen molar-refractivity contribution in [2.75, 3.05) is 0 Å². The predicted octanol–water partition coefficient (Wildman–Crippen LogP) is 1.72. The van der Waals surface area contributed by atoms with Gasteiger partial charge in [0.2, 0.25) is 0 Å². The Balaban J connectivity index is 2.30. The summed E-state index contributed by atoms with van der Waals surface area (Å²) in [6.07, 6.45) is 5.84. The van der Waals surface area contributed by atoms with Gasteiger partial charge in [0.15, 0.2) is 0 Å². The summed E-state index contributed by atoms with van der Waals surface area (Å²) in [5.41, 5.74) is 8.38. The van der Waals surface area contributed by atoms with Crippen molar-refractivity contribution in [1.29, 1.82) is 0 Å². The molecule has 1 fully saturated rings. The first-order valence-electron chi connectivity index (χ1n) is 5.87. The Morgan fingerprint density at radius 3 is 2.53 bits per heavy atom. The molecule has 0 bridgehead atoms. The molecule has 0 amide bonds. The summed E-state index contributed by atoms with van der Waals surface area (Å²) >= 11 is 0. The van der Waals surface area contributed by atoms with Crippen molar-refractivity contribution < 1.29 is 0 Å². The van der Waals surface area contributed by atoms with Crippen molar-refractivity contribution in [1.82, 2.24) is 15.0 Å². The lowest BCUT2D eigenvalue weighted by molar-refractivity contribution is 0.293. The lowest BCUT2D eigenvalue weighted by Gasteiger charge is -2.31. The van der Waals surface area contributed by atoms with E-state index in [-0.39, 0.29) is 5.54 Å². The van der Waals surface area contributed by atoms with Gasteiger partial charge in [0, 0.05) is 6.54 Å². The van der Waals surface area contributed by atoms with Crippen LogP contribution in [0.4, 0.5) is 0 Å². The van der Waals surface area contributed by atoms with Crippen LogP contribution in [0.1, 0.15) is 50.4 Å². The highest BCUT2D eigenvalue weighted by Gasteiger charge is 2.34. The van der Waals surface area contributed by atoms with E-state index in [1.54, 1.807) is 0 Å². The summed E-state index contributed by atoms with van der Waals surface area (Å²) in [4.78, 5) is 0. The molecule has 0 saturated heterocycles. The summed E-state index contributed by atoms with van der Waals surface area (Å²) in [5, 5.41) is 8.41. The molecule has 0 aliphatic heterocycles. The lowest BCUT2D eigenvalue weighted by atomic mass is 9.79. The van der Waals surface area contributed by atoms with Crippen molar-refractivity contribution >= 4 is 0 Å². The second kappa shape index (κ2) is 3.93. The summed E-state index contributed by atoms with van der Waals surface area (Å²) in [6.45, 7) is 5.02. The highest BCUT2D eigenvalue weighted by atomic mass is 15.4. The molecule has 4 heteroatoms. The predicted molar refractivity (Wildman–Crippen MR) is 59.4 cm³/mol. The molecule has 0 spiro atoms. The molecule has 1 aromatic heterocycles. The van der Waals surface area contributed by atoms with Crippen molar-refractivity contribution in [3.8, 4) is 0 Å². The molecule has 1 aliphatic carbocycles. The van der Waals surface area contributed by atoms with E-state index in [0.29, 0.717) is 0 Å². The van der Waals surface area contributed by atoms with Gasteiger partial charge in [-0.1, -0.05) is 24.5 Å². The number of nitrogens with zero attached hydrogens (tertiary/aromatic N) is 3. The molecule has 1 heterocycles. The minimum absolute atomic E-state index is 0.213. The Hall–Kier alpha value is -0.900. The normalized spacial score (nSPS) is 20.5. The molecule has 0 aromatic carbocycles. The maximum Gasteiger partial charge on any atom is 0.105 e. The molecule has 2 N–H and O–H groups in total. The van der Waals surface area contributed by atoms with Crippen molar-refractivity contribution in [2.24, 2.45) is 5.73 Å². The van der Waals surface area contributed by atoms with Gasteiger partial charge in [-0.2, -0.15) is 0 Å². The first kappa shape index (κ1) is 10.6. The van der Waals surface area contributed by atoms with Crippen LogP contribution in [0.5, 0.6) is 0 Å². The Morgan fingerprint density at radius 2 is 2.00 bits per heavy atom. The van der Waals surface area contributed by atoms with E-state index >= 15 is 0 Å². The quantitative estimate of drug-likeness (QED) is 0.805. The van der Waals surface area contributed by atoms with Crippen molar-refractivity contribution in [2.45, 2.75) is 58.0 Å². The van der Waals surface area contributed by atoms with Crippen molar-refractivity contribution in [3.63, 3.8) is 0 Å². The number of hydrogen-bond donors (Lipinski definition) is 1. The second-order valence-corrected chi connectivity index (χ2v) is 4.56. The Kier molecular flexibility index (Phi) is 2.78. The molecule has 0 unspecified atom stereocenters. The number of rotatable bonds is 2. The Bertz CT molecular complexity index is 336. The van der Waals surface area contributed by atoms with Gasteiger partial charge in [-0.3, -0.25) is 0 Å². The Morgan fingerprint density at radius 1 is 1.33 bits per heavy atom. The third kappa shape index (κ3) is 1.78. The molecule has 15 heavy (non-hydrogen) atoms. The minimum Gasteiger partial charge on any atom is -0.320 e. The highest BCUT2D eigenvalue weighted by molar-refractivity contribution is 5.19. The van der Waals surface area contributed by atoms with E-state index in [1.165, 1.54) is 19.3 Å². The molecule has 0 radical (unpaired) electrons. The van der Waals surface area contributed by atoms with E-state index in [2.05, 4.69) is 24.2 Å². The molecular formula is C11H20N4. The molecule has 1 aliphatic rings. The monoisotopic (exact) mass is 208 g/mol. The zero-order chi connectivity index (χ0) is 10.9. The maximum atomic E-state index is 6.43. The topological polar surface area (TPSA) is 56.7 Å². The van der Waals surface area contributed by atoms with Crippen LogP contribution in [0.15, 0.2) is 0 Å². The molecule has 84 valence electrons. The molecular weight excluding hydrogens is 188 g/mol. The first-order valence-corrected chi connectivity index (χ1v) is 5.87. The van der Waals surface area contributed by atoms with Gasteiger partial charge < -0.3 is 5.73 Å².